The van der Waals surface area contributed by atoms with E-state index in [1.54, 1.807) is 0 Å². The lowest BCUT2D eigenvalue weighted by Crippen LogP contribution is -2.36. The van der Waals surface area contributed by atoms with E-state index in [9.17, 15) is 0 Å². The van der Waals surface area contributed by atoms with Crippen molar-refractivity contribution in [1.82, 2.24) is 0 Å². The van der Waals surface area contributed by atoms with Crippen LogP contribution in [0.25, 0.3) is 0 Å². The molecule has 1 aliphatic heterocycles. The van der Waals surface area contributed by atoms with Crippen LogP contribution >= 0.6 is 0 Å². The number of allylic oxidation sites excluding steroid dienone is 6. The third-order valence-electron chi connectivity index (χ3n) is 6.66. The van der Waals surface area contributed by atoms with Gasteiger partial charge in [-0.1, -0.05) is 41.0 Å². The number of benzene rings is 1. The van der Waals surface area contributed by atoms with Crippen LogP contribution in [0.4, 0.5) is 0 Å². The van der Waals surface area contributed by atoms with Crippen molar-refractivity contribution in [3.05, 3.63) is 63.3 Å². The molecule has 1 unspecified atom stereocenters. The van der Waals surface area contributed by atoms with E-state index < -0.39 is 0 Å². The Labute approximate surface area is 186 Å². The Balaban J connectivity index is 1.84. The molecule has 1 aromatic carbocycles. The minimum atomic E-state index is -0.0454. The lowest BCUT2D eigenvalue weighted by Gasteiger charge is -2.37. The normalized spacial score (nSPS) is 19.3. The van der Waals surface area contributed by atoms with Gasteiger partial charge in [0.2, 0.25) is 0 Å². The molecule has 1 aliphatic rings. The number of fused-ring (bicyclic) bond motifs is 1. The summed E-state index contributed by atoms with van der Waals surface area (Å²) in [5.41, 5.74) is 9.87. The second kappa shape index (κ2) is 11.0. The SMILES string of the molecule is CC(C)=CCC/C(C)=C/CC/C(C)=C/CCC1(C)CCc2c(C)cc(C)c(C)c2O1. The summed E-state index contributed by atoms with van der Waals surface area (Å²) in [6, 6.07) is 2.31. The summed E-state index contributed by atoms with van der Waals surface area (Å²) in [5.74, 6) is 1.16. The second-order valence-corrected chi connectivity index (χ2v) is 9.99. The Morgan fingerprint density at radius 1 is 0.900 bits per heavy atom. The van der Waals surface area contributed by atoms with Gasteiger partial charge in [0.15, 0.2) is 0 Å². The summed E-state index contributed by atoms with van der Waals surface area (Å²) in [6.45, 7) is 17.8. The number of ether oxygens (including phenoxy) is 1. The lowest BCUT2D eigenvalue weighted by atomic mass is 9.85. The molecular formula is C29H44O. The highest BCUT2D eigenvalue weighted by atomic mass is 16.5. The highest BCUT2D eigenvalue weighted by molar-refractivity contribution is 5.51. The van der Waals surface area contributed by atoms with Gasteiger partial charge >= 0.3 is 0 Å². The van der Waals surface area contributed by atoms with E-state index >= 15 is 0 Å². The standard InChI is InChI=1S/C29H44O/c1-21(2)12-9-13-22(3)14-10-15-23(4)16-11-18-29(8)19-17-27-25(6)20-24(5)26(7)28(27)30-29/h12,14,16,20H,9-11,13,15,17-19H2,1-8H3/b22-14+,23-16+. The van der Waals surface area contributed by atoms with Gasteiger partial charge in [-0.15, -0.1) is 0 Å². The van der Waals surface area contributed by atoms with Gasteiger partial charge in [0.05, 0.1) is 0 Å². The molecule has 0 aliphatic carbocycles. The third-order valence-corrected chi connectivity index (χ3v) is 6.66. The Bertz CT molecular complexity index is 817. The first-order chi connectivity index (χ1) is 14.1. The second-order valence-electron chi connectivity index (χ2n) is 9.99. The molecule has 0 amide bonds. The molecule has 0 bridgehead atoms. The molecule has 1 heterocycles. The van der Waals surface area contributed by atoms with E-state index in [0.29, 0.717) is 0 Å². The molecule has 2 rings (SSSR count). The first kappa shape index (κ1) is 24.5. The molecule has 0 saturated heterocycles. The summed E-state index contributed by atoms with van der Waals surface area (Å²) < 4.78 is 6.62. The number of rotatable bonds is 9. The highest BCUT2D eigenvalue weighted by Gasteiger charge is 2.32. The van der Waals surface area contributed by atoms with E-state index in [-0.39, 0.29) is 5.60 Å². The van der Waals surface area contributed by atoms with Gasteiger partial charge in [0, 0.05) is 0 Å². The summed E-state index contributed by atoms with van der Waals surface area (Å²) >= 11 is 0. The van der Waals surface area contributed by atoms with Crippen molar-refractivity contribution in [3.8, 4) is 5.75 Å². The zero-order chi connectivity index (χ0) is 22.3. The molecule has 1 nitrogen and oxygen atoms in total. The number of aryl methyl sites for hydroxylation is 2. The maximum atomic E-state index is 6.62. The van der Waals surface area contributed by atoms with Crippen molar-refractivity contribution >= 4 is 0 Å². The smallest absolute Gasteiger partial charge is 0.126 e. The fourth-order valence-electron chi connectivity index (χ4n) is 4.38. The monoisotopic (exact) mass is 408 g/mol. The average Bonchev–Trinajstić information content (AvgIpc) is 2.65. The summed E-state index contributed by atoms with van der Waals surface area (Å²) in [4.78, 5) is 0. The number of hydrogen-bond donors (Lipinski definition) is 0. The van der Waals surface area contributed by atoms with Crippen molar-refractivity contribution in [3.63, 3.8) is 0 Å². The van der Waals surface area contributed by atoms with Gasteiger partial charge in [-0.05, 0) is 129 Å². The molecule has 30 heavy (non-hydrogen) atoms. The Kier molecular flexibility index (Phi) is 9.01. The fourth-order valence-corrected chi connectivity index (χ4v) is 4.38. The number of hydrogen-bond acceptors (Lipinski definition) is 1. The molecule has 1 aromatic rings. The fraction of sp³-hybridized carbons (Fsp3) is 0.586. The van der Waals surface area contributed by atoms with Crippen LogP contribution < -0.4 is 4.74 Å². The van der Waals surface area contributed by atoms with Crippen molar-refractivity contribution in [2.75, 3.05) is 0 Å². The van der Waals surface area contributed by atoms with Gasteiger partial charge in [0.25, 0.3) is 0 Å². The van der Waals surface area contributed by atoms with E-state index in [4.69, 9.17) is 4.74 Å². The summed E-state index contributed by atoms with van der Waals surface area (Å²) in [7, 11) is 0. The zero-order valence-electron chi connectivity index (χ0n) is 20.9. The minimum Gasteiger partial charge on any atom is -0.487 e. The predicted molar refractivity (Wildman–Crippen MR) is 133 cm³/mol. The summed E-state index contributed by atoms with van der Waals surface area (Å²) in [5, 5.41) is 0. The average molecular weight is 409 g/mol. The lowest BCUT2D eigenvalue weighted by molar-refractivity contribution is 0.0560. The van der Waals surface area contributed by atoms with Crippen molar-refractivity contribution < 1.29 is 4.74 Å². The molecular weight excluding hydrogens is 364 g/mol. The first-order valence-electron chi connectivity index (χ1n) is 11.8. The first-order valence-corrected chi connectivity index (χ1v) is 11.8. The van der Waals surface area contributed by atoms with Crippen LogP contribution in [0.1, 0.15) is 102 Å². The molecule has 0 N–H and O–H groups in total. The van der Waals surface area contributed by atoms with Gasteiger partial charge in [-0.3, -0.25) is 0 Å². The van der Waals surface area contributed by atoms with Crippen LogP contribution in [0.2, 0.25) is 0 Å². The molecule has 1 heteroatoms. The molecule has 0 saturated carbocycles. The minimum absolute atomic E-state index is 0.0454. The van der Waals surface area contributed by atoms with E-state index in [2.05, 4.69) is 79.7 Å². The van der Waals surface area contributed by atoms with Crippen LogP contribution in [0.5, 0.6) is 5.75 Å². The predicted octanol–water partition coefficient (Wildman–Crippen LogP) is 8.89. The van der Waals surface area contributed by atoms with Gasteiger partial charge < -0.3 is 4.74 Å². The van der Waals surface area contributed by atoms with Gasteiger partial charge in [0.1, 0.15) is 11.4 Å². The molecule has 1 atom stereocenters. The maximum Gasteiger partial charge on any atom is 0.126 e. The quantitative estimate of drug-likeness (QED) is 0.371. The molecule has 0 fully saturated rings. The zero-order valence-corrected chi connectivity index (χ0v) is 20.9. The van der Waals surface area contributed by atoms with E-state index in [1.165, 1.54) is 51.8 Å². The third kappa shape index (κ3) is 7.18. The van der Waals surface area contributed by atoms with E-state index in [0.717, 1.165) is 44.3 Å². The molecule has 0 radical (unpaired) electrons. The Morgan fingerprint density at radius 3 is 2.13 bits per heavy atom. The van der Waals surface area contributed by atoms with Crippen molar-refractivity contribution in [2.45, 2.75) is 112 Å². The van der Waals surface area contributed by atoms with Crippen LogP contribution in [0, 0.1) is 20.8 Å². The maximum absolute atomic E-state index is 6.62. The Morgan fingerprint density at radius 2 is 1.50 bits per heavy atom. The molecule has 166 valence electrons. The van der Waals surface area contributed by atoms with E-state index in [1.807, 2.05) is 0 Å². The van der Waals surface area contributed by atoms with Crippen molar-refractivity contribution in [2.24, 2.45) is 0 Å². The van der Waals surface area contributed by atoms with Gasteiger partial charge in [-0.2, -0.15) is 0 Å². The Hall–Kier alpha value is -1.76. The van der Waals surface area contributed by atoms with Crippen LogP contribution in [0.3, 0.4) is 0 Å². The molecule has 0 aromatic heterocycles. The molecule has 0 spiro atoms. The highest BCUT2D eigenvalue weighted by Crippen LogP contribution is 2.40. The summed E-state index contributed by atoms with van der Waals surface area (Å²) in [6.07, 6.45) is 16.3. The largest absolute Gasteiger partial charge is 0.487 e. The van der Waals surface area contributed by atoms with Crippen molar-refractivity contribution in [1.29, 1.82) is 0 Å². The topological polar surface area (TPSA) is 9.23 Å². The van der Waals surface area contributed by atoms with Gasteiger partial charge in [-0.25, -0.2) is 0 Å². The van der Waals surface area contributed by atoms with Crippen LogP contribution in [-0.2, 0) is 6.42 Å². The van der Waals surface area contributed by atoms with Crippen LogP contribution in [0.15, 0.2) is 41.0 Å². The van der Waals surface area contributed by atoms with Crippen LogP contribution in [-0.4, -0.2) is 5.60 Å².